The summed E-state index contributed by atoms with van der Waals surface area (Å²) in [4.78, 5) is 5.27. The van der Waals surface area contributed by atoms with E-state index in [0.29, 0.717) is 0 Å². The van der Waals surface area contributed by atoms with Gasteiger partial charge in [0.15, 0.2) is 0 Å². The molecule has 2 fully saturated rings. The summed E-state index contributed by atoms with van der Waals surface area (Å²) in [6, 6.07) is 11.7. The molecular weight excluding hydrogens is 279 g/mol. The lowest BCUT2D eigenvalue weighted by molar-refractivity contribution is 0.0612. The third-order valence-corrected chi connectivity index (χ3v) is 4.21. The Labute approximate surface area is 129 Å². The van der Waals surface area contributed by atoms with Gasteiger partial charge in [0.25, 0.3) is 0 Å². The Balaban J connectivity index is 0.000000902. The van der Waals surface area contributed by atoms with Gasteiger partial charge in [0, 0.05) is 12.6 Å². The first-order chi connectivity index (χ1) is 8.42. The van der Waals surface area contributed by atoms with Gasteiger partial charge < -0.3 is 4.90 Å². The highest BCUT2D eigenvalue weighted by Crippen LogP contribution is 2.22. The number of nitrogens with zero attached hydrogens (tertiary/aromatic N) is 2. The predicted molar refractivity (Wildman–Crippen MR) is 85.4 cm³/mol. The van der Waals surface area contributed by atoms with Crippen LogP contribution in [0.25, 0.3) is 0 Å². The maximum atomic E-state index is 2.67. The molecule has 2 aliphatic heterocycles. The second-order valence-corrected chi connectivity index (χ2v) is 5.38. The standard InChI is InChI=1S/C15H22N2.2ClH/c1-2-5-14(6-3-1)13-16-11-7-15(8-12-16)17-9-4-10-17;;/h1-3,5-6,15H,4,7-13H2;2*1H. The molecule has 2 heterocycles. The Hall–Kier alpha value is -0.280. The van der Waals surface area contributed by atoms with E-state index in [9.17, 15) is 0 Å². The van der Waals surface area contributed by atoms with Crippen LogP contribution in [0, 0.1) is 0 Å². The van der Waals surface area contributed by atoms with Gasteiger partial charge >= 0.3 is 0 Å². The molecule has 0 atom stereocenters. The van der Waals surface area contributed by atoms with Crippen molar-refractivity contribution in [3.63, 3.8) is 0 Å². The molecule has 3 rings (SSSR count). The molecule has 19 heavy (non-hydrogen) atoms. The van der Waals surface area contributed by atoms with Crippen molar-refractivity contribution in [2.75, 3.05) is 26.2 Å². The van der Waals surface area contributed by atoms with Crippen molar-refractivity contribution >= 4 is 24.8 Å². The molecule has 0 spiro atoms. The van der Waals surface area contributed by atoms with Crippen molar-refractivity contribution in [3.05, 3.63) is 35.9 Å². The smallest absolute Gasteiger partial charge is 0.0233 e. The minimum absolute atomic E-state index is 0. The normalized spacial score (nSPS) is 21.1. The molecule has 0 unspecified atom stereocenters. The van der Waals surface area contributed by atoms with Gasteiger partial charge in [0.05, 0.1) is 0 Å². The van der Waals surface area contributed by atoms with Crippen molar-refractivity contribution in [3.8, 4) is 0 Å². The van der Waals surface area contributed by atoms with Gasteiger partial charge in [0.2, 0.25) is 0 Å². The zero-order valence-electron chi connectivity index (χ0n) is 11.3. The monoisotopic (exact) mass is 302 g/mol. The first-order valence-corrected chi connectivity index (χ1v) is 6.92. The van der Waals surface area contributed by atoms with Crippen molar-refractivity contribution in [1.82, 2.24) is 9.80 Å². The first-order valence-electron chi connectivity index (χ1n) is 6.92. The summed E-state index contributed by atoms with van der Waals surface area (Å²) in [7, 11) is 0. The van der Waals surface area contributed by atoms with Gasteiger partial charge in [-0.15, -0.1) is 24.8 Å². The average Bonchev–Trinajstić information content (AvgIpc) is 2.31. The molecule has 2 aliphatic rings. The van der Waals surface area contributed by atoms with E-state index in [1.54, 1.807) is 0 Å². The van der Waals surface area contributed by atoms with Crippen LogP contribution in [0.4, 0.5) is 0 Å². The van der Waals surface area contributed by atoms with Gasteiger partial charge in [-0.3, -0.25) is 4.90 Å². The van der Waals surface area contributed by atoms with E-state index in [-0.39, 0.29) is 24.8 Å². The van der Waals surface area contributed by atoms with E-state index in [4.69, 9.17) is 0 Å². The first kappa shape index (κ1) is 16.8. The van der Waals surface area contributed by atoms with Gasteiger partial charge in [0.1, 0.15) is 0 Å². The van der Waals surface area contributed by atoms with Crippen molar-refractivity contribution in [2.45, 2.75) is 31.8 Å². The summed E-state index contributed by atoms with van der Waals surface area (Å²) in [5.74, 6) is 0. The van der Waals surface area contributed by atoms with Gasteiger partial charge in [-0.1, -0.05) is 30.3 Å². The summed E-state index contributed by atoms with van der Waals surface area (Å²) in [5.41, 5.74) is 1.45. The average molecular weight is 303 g/mol. The van der Waals surface area contributed by atoms with Crippen LogP contribution >= 0.6 is 24.8 Å². The minimum atomic E-state index is 0. The summed E-state index contributed by atoms with van der Waals surface area (Å²) < 4.78 is 0. The number of hydrogen-bond donors (Lipinski definition) is 0. The topological polar surface area (TPSA) is 6.48 Å². The highest BCUT2D eigenvalue weighted by molar-refractivity contribution is 5.85. The fraction of sp³-hybridized carbons (Fsp3) is 0.600. The molecule has 0 N–H and O–H groups in total. The second kappa shape index (κ2) is 8.11. The highest BCUT2D eigenvalue weighted by Gasteiger charge is 2.27. The van der Waals surface area contributed by atoms with Crippen LogP contribution in [0.2, 0.25) is 0 Å². The zero-order valence-corrected chi connectivity index (χ0v) is 13.0. The van der Waals surface area contributed by atoms with Crippen LogP contribution in [0.5, 0.6) is 0 Å². The molecule has 0 amide bonds. The summed E-state index contributed by atoms with van der Waals surface area (Å²) >= 11 is 0. The lowest BCUT2D eigenvalue weighted by atomic mass is 9.99. The van der Waals surface area contributed by atoms with Crippen molar-refractivity contribution < 1.29 is 0 Å². The molecule has 2 nitrogen and oxygen atoms in total. The van der Waals surface area contributed by atoms with E-state index >= 15 is 0 Å². The molecular formula is C15H24Cl2N2. The molecule has 0 saturated carbocycles. The SMILES string of the molecule is Cl.Cl.c1ccc(CN2CCC(N3CCC3)CC2)cc1. The lowest BCUT2D eigenvalue weighted by Crippen LogP contribution is -2.50. The maximum absolute atomic E-state index is 2.67. The molecule has 2 saturated heterocycles. The van der Waals surface area contributed by atoms with E-state index in [1.165, 1.54) is 51.0 Å². The third kappa shape index (κ3) is 4.35. The van der Waals surface area contributed by atoms with Crippen LogP contribution in [-0.4, -0.2) is 42.0 Å². The fourth-order valence-electron chi connectivity index (χ4n) is 2.99. The summed E-state index contributed by atoms with van der Waals surface area (Å²) in [5, 5.41) is 0. The number of halogens is 2. The van der Waals surface area contributed by atoms with Crippen LogP contribution in [0.1, 0.15) is 24.8 Å². The van der Waals surface area contributed by atoms with Crippen LogP contribution in [0.15, 0.2) is 30.3 Å². The summed E-state index contributed by atoms with van der Waals surface area (Å²) in [6.45, 7) is 6.38. The number of likely N-dealkylation sites (tertiary alicyclic amines) is 2. The number of piperidine rings is 1. The van der Waals surface area contributed by atoms with Gasteiger partial charge in [-0.05, 0) is 51.0 Å². The minimum Gasteiger partial charge on any atom is -0.300 e. The molecule has 1 aromatic carbocycles. The largest absolute Gasteiger partial charge is 0.300 e. The van der Waals surface area contributed by atoms with Crippen molar-refractivity contribution in [2.24, 2.45) is 0 Å². The van der Waals surface area contributed by atoms with Crippen LogP contribution in [-0.2, 0) is 6.54 Å². The van der Waals surface area contributed by atoms with Crippen LogP contribution < -0.4 is 0 Å². The molecule has 0 bridgehead atoms. The molecule has 108 valence electrons. The highest BCUT2D eigenvalue weighted by atomic mass is 35.5. The summed E-state index contributed by atoms with van der Waals surface area (Å²) in [6.07, 6.45) is 4.16. The Morgan fingerprint density at radius 1 is 0.895 bits per heavy atom. The molecule has 0 aliphatic carbocycles. The number of hydrogen-bond acceptors (Lipinski definition) is 2. The van der Waals surface area contributed by atoms with Gasteiger partial charge in [-0.2, -0.15) is 0 Å². The number of rotatable bonds is 3. The Kier molecular flexibility index (Phi) is 7.16. The lowest BCUT2D eigenvalue weighted by Gasteiger charge is -2.43. The molecule has 0 aromatic heterocycles. The van der Waals surface area contributed by atoms with E-state index in [1.807, 2.05) is 0 Å². The molecule has 1 aromatic rings. The quantitative estimate of drug-likeness (QED) is 0.846. The Morgan fingerprint density at radius 2 is 1.53 bits per heavy atom. The van der Waals surface area contributed by atoms with E-state index < -0.39 is 0 Å². The maximum Gasteiger partial charge on any atom is 0.0233 e. The fourth-order valence-corrected chi connectivity index (χ4v) is 2.99. The molecule has 4 heteroatoms. The van der Waals surface area contributed by atoms with E-state index in [0.717, 1.165) is 12.6 Å². The van der Waals surface area contributed by atoms with Crippen LogP contribution in [0.3, 0.4) is 0 Å². The third-order valence-electron chi connectivity index (χ3n) is 4.21. The zero-order chi connectivity index (χ0) is 11.5. The van der Waals surface area contributed by atoms with E-state index in [2.05, 4.69) is 40.1 Å². The molecule has 0 radical (unpaired) electrons. The van der Waals surface area contributed by atoms with Crippen molar-refractivity contribution in [1.29, 1.82) is 0 Å². The predicted octanol–water partition coefficient (Wildman–Crippen LogP) is 3.20. The Bertz CT molecular complexity index is 346. The van der Waals surface area contributed by atoms with Gasteiger partial charge in [-0.25, -0.2) is 0 Å². The second-order valence-electron chi connectivity index (χ2n) is 5.38. The number of benzene rings is 1. The Morgan fingerprint density at radius 3 is 2.05 bits per heavy atom.